The van der Waals surface area contributed by atoms with Crippen molar-refractivity contribution in [3.8, 4) is 0 Å². The second kappa shape index (κ2) is 7.01. The first kappa shape index (κ1) is 13.7. The first-order valence-electron chi connectivity index (χ1n) is 6.42. The Hall–Kier alpha value is -1.73. The lowest BCUT2D eigenvalue weighted by atomic mass is 10.1. The van der Waals surface area contributed by atoms with Crippen LogP contribution in [0.3, 0.4) is 0 Å². The lowest BCUT2D eigenvalue weighted by molar-refractivity contribution is -0.384. The maximum absolute atomic E-state index is 10.8. The second-order valence-electron chi connectivity index (χ2n) is 4.40. The van der Waals surface area contributed by atoms with Crippen LogP contribution in [0.2, 0.25) is 0 Å². The standard InChI is InChI=1S/C12H18N4O3/c17-16(18)12-9-14-6-3-11(12)15-7-8-19-10-1-4-13-5-2-10/h3,6,9-10,13H,1-2,4-5,7-8H2,(H,14,15). The molecule has 0 unspecified atom stereocenters. The molecule has 0 amide bonds. The van der Waals surface area contributed by atoms with Crippen LogP contribution in [0, 0.1) is 10.1 Å². The number of ether oxygens (including phenoxy) is 1. The highest BCUT2D eigenvalue weighted by atomic mass is 16.6. The van der Waals surface area contributed by atoms with Gasteiger partial charge in [0.1, 0.15) is 11.9 Å². The normalized spacial score (nSPS) is 16.2. The third-order valence-electron chi connectivity index (χ3n) is 3.05. The number of nitrogens with one attached hydrogen (secondary N) is 2. The average Bonchev–Trinajstić information content (AvgIpc) is 2.45. The number of hydrogen-bond donors (Lipinski definition) is 2. The zero-order chi connectivity index (χ0) is 13.5. The summed E-state index contributed by atoms with van der Waals surface area (Å²) in [5.74, 6) is 0. The third-order valence-corrected chi connectivity index (χ3v) is 3.05. The van der Waals surface area contributed by atoms with Crippen LogP contribution in [0.5, 0.6) is 0 Å². The molecule has 0 spiro atoms. The summed E-state index contributed by atoms with van der Waals surface area (Å²) in [5, 5.41) is 17.1. The molecule has 1 aliphatic rings. The minimum absolute atomic E-state index is 0.00985. The van der Waals surface area contributed by atoms with Crippen LogP contribution in [0.1, 0.15) is 12.8 Å². The molecular formula is C12H18N4O3. The molecular weight excluding hydrogens is 248 g/mol. The third kappa shape index (κ3) is 4.15. The highest BCUT2D eigenvalue weighted by molar-refractivity contribution is 5.59. The van der Waals surface area contributed by atoms with Crippen molar-refractivity contribution in [2.45, 2.75) is 18.9 Å². The van der Waals surface area contributed by atoms with Gasteiger partial charge in [0.15, 0.2) is 0 Å². The molecule has 0 bridgehead atoms. The molecule has 7 heteroatoms. The van der Waals surface area contributed by atoms with Gasteiger partial charge in [0.05, 0.1) is 17.6 Å². The molecule has 0 radical (unpaired) electrons. The Morgan fingerprint density at radius 3 is 3.05 bits per heavy atom. The summed E-state index contributed by atoms with van der Waals surface area (Å²) in [6, 6.07) is 1.60. The van der Waals surface area contributed by atoms with Crippen molar-refractivity contribution in [2.75, 3.05) is 31.6 Å². The maximum atomic E-state index is 10.8. The van der Waals surface area contributed by atoms with E-state index in [0.29, 0.717) is 24.9 Å². The van der Waals surface area contributed by atoms with Crippen molar-refractivity contribution in [2.24, 2.45) is 0 Å². The zero-order valence-electron chi connectivity index (χ0n) is 10.7. The van der Waals surface area contributed by atoms with Gasteiger partial charge in [0.2, 0.25) is 0 Å². The Labute approximate surface area is 111 Å². The lowest BCUT2D eigenvalue weighted by Crippen LogP contribution is -2.33. The highest BCUT2D eigenvalue weighted by Crippen LogP contribution is 2.21. The first-order valence-corrected chi connectivity index (χ1v) is 6.42. The fraction of sp³-hybridized carbons (Fsp3) is 0.583. The summed E-state index contributed by atoms with van der Waals surface area (Å²) in [7, 11) is 0. The SMILES string of the molecule is O=[N+]([O-])c1cnccc1NCCOC1CCNCC1. The smallest absolute Gasteiger partial charge is 0.310 e. The van der Waals surface area contributed by atoms with Crippen molar-refractivity contribution < 1.29 is 9.66 Å². The summed E-state index contributed by atoms with van der Waals surface area (Å²) in [5.41, 5.74) is 0.471. The van der Waals surface area contributed by atoms with E-state index >= 15 is 0 Å². The fourth-order valence-corrected chi connectivity index (χ4v) is 2.05. The van der Waals surface area contributed by atoms with Crippen LogP contribution in [0.4, 0.5) is 11.4 Å². The summed E-state index contributed by atoms with van der Waals surface area (Å²) in [6.45, 7) is 3.08. The Bertz CT molecular complexity index is 421. The molecule has 0 saturated carbocycles. The van der Waals surface area contributed by atoms with Crippen molar-refractivity contribution in [3.05, 3.63) is 28.6 Å². The molecule has 1 saturated heterocycles. The topological polar surface area (TPSA) is 89.3 Å². The van der Waals surface area contributed by atoms with E-state index in [-0.39, 0.29) is 5.69 Å². The largest absolute Gasteiger partial charge is 0.377 e. The van der Waals surface area contributed by atoms with E-state index in [9.17, 15) is 10.1 Å². The Balaban J connectivity index is 1.74. The summed E-state index contributed by atoms with van der Waals surface area (Å²) in [6.07, 6.45) is 5.12. The number of anilines is 1. The van der Waals surface area contributed by atoms with Crippen molar-refractivity contribution in [3.63, 3.8) is 0 Å². The number of nitrogens with zero attached hydrogens (tertiary/aromatic N) is 2. The van der Waals surface area contributed by atoms with Gasteiger partial charge >= 0.3 is 5.69 Å². The molecule has 2 rings (SSSR count). The molecule has 1 fully saturated rings. The Morgan fingerprint density at radius 2 is 2.32 bits per heavy atom. The van der Waals surface area contributed by atoms with Crippen molar-refractivity contribution in [1.29, 1.82) is 0 Å². The van der Waals surface area contributed by atoms with E-state index in [4.69, 9.17) is 4.74 Å². The van der Waals surface area contributed by atoms with Crippen molar-refractivity contribution in [1.82, 2.24) is 10.3 Å². The number of pyridine rings is 1. The molecule has 2 heterocycles. The number of rotatable bonds is 6. The van der Waals surface area contributed by atoms with E-state index in [0.717, 1.165) is 25.9 Å². The molecule has 104 valence electrons. The van der Waals surface area contributed by atoms with E-state index in [2.05, 4.69) is 15.6 Å². The highest BCUT2D eigenvalue weighted by Gasteiger charge is 2.14. The van der Waals surface area contributed by atoms with Gasteiger partial charge in [-0.15, -0.1) is 0 Å². The van der Waals surface area contributed by atoms with Crippen LogP contribution in [-0.4, -0.2) is 42.3 Å². The van der Waals surface area contributed by atoms with Crippen LogP contribution in [0.15, 0.2) is 18.5 Å². The number of nitro groups is 1. The Morgan fingerprint density at radius 1 is 1.53 bits per heavy atom. The molecule has 1 aromatic rings. The van der Waals surface area contributed by atoms with Crippen LogP contribution < -0.4 is 10.6 Å². The number of aromatic nitrogens is 1. The van der Waals surface area contributed by atoms with E-state index < -0.39 is 4.92 Å². The lowest BCUT2D eigenvalue weighted by Gasteiger charge is -2.23. The average molecular weight is 266 g/mol. The minimum Gasteiger partial charge on any atom is -0.377 e. The van der Waals surface area contributed by atoms with Gasteiger partial charge in [-0.3, -0.25) is 15.1 Å². The molecule has 0 aromatic carbocycles. The van der Waals surface area contributed by atoms with Crippen LogP contribution in [-0.2, 0) is 4.74 Å². The summed E-state index contributed by atoms with van der Waals surface area (Å²) in [4.78, 5) is 14.1. The van der Waals surface area contributed by atoms with E-state index in [1.54, 1.807) is 6.07 Å². The van der Waals surface area contributed by atoms with Gasteiger partial charge in [-0.05, 0) is 32.0 Å². The molecule has 19 heavy (non-hydrogen) atoms. The van der Waals surface area contributed by atoms with Gasteiger partial charge in [0, 0.05) is 12.7 Å². The first-order chi connectivity index (χ1) is 9.27. The number of piperidine rings is 1. The van der Waals surface area contributed by atoms with Crippen LogP contribution >= 0.6 is 0 Å². The van der Waals surface area contributed by atoms with Gasteiger partial charge in [0.25, 0.3) is 0 Å². The number of hydrogen-bond acceptors (Lipinski definition) is 6. The molecule has 1 aliphatic heterocycles. The zero-order valence-corrected chi connectivity index (χ0v) is 10.7. The van der Waals surface area contributed by atoms with Gasteiger partial charge in [-0.25, -0.2) is 0 Å². The maximum Gasteiger partial charge on any atom is 0.310 e. The summed E-state index contributed by atoms with van der Waals surface area (Å²) < 4.78 is 5.72. The molecule has 7 nitrogen and oxygen atoms in total. The van der Waals surface area contributed by atoms with E-state index in [1.165, 1.54) is 12.4 Å². The Kier molecular flexibility index (Phi) is 5.05. The molecule has 0 aliphatic carbocycles. The van der Waals surface area contributed by atoms with Gasteiger partial charge in [-0.1, -0.05) is 0 Å². The van der Waals surface area contributed by atoms with Gasteiger partial charge < -0.3 is 15.4 Å². The van der Waals surface area contributed by atoms with Crippen LogP contribution in [0.25, 0.3) is 0 Å². The quantitative estimate of drug-likeness (QED) is 0.456. The van der Waals surface area contributed by atoms with Crippen molar-refractivity contribution >= 4 is 11.4 Å². The fourth-order valence-electron chi connectivity index (χ4n) is 2.05. The van der Waals surface area contributed by atoms with Gasteiger partial charge in [-0.2, -0.15) is 0 Å². The molecule has 2 N–H and O–H groups in total. The predicted octanol–water partition coefficient (Wildman–Crippen LogP) is 1.17. The summed E-state index contributed by atoms with van der Waals surface area (Å²) >= 11 is 0. The molecule has 1 aromatic heterocycles. The van der Waals surface area contributed by atoms with E-state index in [1.807, 2.05) is 0 Å². The predicted molar refractivity (Wildman–Crippen MR) is 71.2 cm³/mol. The monoisotopic (exact) mass is 266 g/mol. The molecule has 0 atom stereocenters. The second-order valence-corrected chi connectivity index (χ2v) is 4.40. The minimum atomic E-state index is -0.441.